The van der Waals surface area contributed by atoms with Crippen LogP contribution in [0, 0.1) is 0 Å². The standard InChI is InChI=1S/C53H37NO/c1-53(2)47-21-8-7-17-44(47)45-20-10-22-48(51(45)53)54(38-29-24-36(25-30-38)41-18-9-14-34-12-3-5-15-40(34)41)39-31-26-37(27-32-39)42-19-11-23-49-50(42)46-33-28-35-13-4-6-16-43(35)52(46)55-49/h3-33H,1-2H3. The molecule has 0 fully saturated rings. The lowest BCUT2D eigenvalue weighted by Gasteiger charge is -2.32. The molecule has 1 heterocycles. The lowest BCUT2D eigenvalue weighted by molar-refractivity contribution is 0.661. The molecule has 0 saturated heterocycles. The highest BCUT2D eigenvalue weighted by molar-refractivity contribution is 6.19. The summed E-state index contributed by atoms with van der Waals surface area (Å²) in [4.78, 5) is 2.45. The lowest BCUT2D eigenvalue weighted by atomic mass is 9.81. The van der Waals surface area contributed by atoms with Crippen LogP contribution in [-0.4, -0.2) is 0 Å². The van der Waals surface area contributed by atoms with E-state index in [9.17, 15) is 0 Å². The molecule has 0 spiro atoms. The van der Waals surface area contributed by atoms with Crippen molar-refractivity contribution in [3.8, 4) is 33.4 Å². The second-order valence-corrected chi connectivity index (χ2v) is 15.3. The van der Waals surface area contributed by atoms with Crippen molar-refractivity contribution in [1.29, 1.82) is 0 Å². The van der Waals surface area contributed by atoms with Crippen molar-refractivity contribution in [3.05, 3.63) is 199 Å². The van der Waals surface area contributed by atoms with Crippen molar-refractivity contribution in [3.63, 3.8) is 0 Å². The number of furan rings is 1. The molecule has 0 unspecified atom stereocenters. The van der Waals surface area contributed by atoms with Crippen LogP contribution in [0.3, 0.4) is 0 Å². The van der Waals surface area contributed by atoms with Crippen molar-refractivity contribution in [2.24, 2.45) is 0 Å². The van der Waals surface area contributed by atoms with Gasteiger partial charge in [0.2, 0.25) is 0 Å². The summed E-state index contributed by atoms with van der Waals surface area (Å²) in [6.45, 7) is 4.73. The fourth-order valence-electron chi connectivity index (χ4n) is 9.28. The molecule has 1 aromatic heterocycles. The third-order valence-electron chi connectivity index (χ3n) is 11.8. The molecule has 0 N–H and O–H groups in total. The molecule has 0 atom stereocenters. The Hall–Kier alpha value is -6.90. The fraction of sp³-hybridized carbons (Fsp3) is 0.0566. The fourth-order valence-corrected chi connectivity index (χ4v) is 9.28. The quantitative estimate of drug-likeness (QED) is 0.177. The highest BCUT2D eigenvalue weighted by atomic mass is 16.3. The molecule has 0 aliphatic heterocycles. The number of anilines is 3. The van der Waals surface area contributed by atoms with Crippen molar-refractivity contribution in [2.45, 2.75) is 19.3 Å². The number of hydrogen-bond donors (Lipinski definition) is 0. The molecule has 1 aliphatic rings. The molecule has 10 aromatic rings. The van der Waals surface area contributed by atoms with Crippen LogP contribution < -0.4 is 4.90 Å². The Morgan fingerprint density at radius 3 is 1.76 bits per heavy atom. The Kier molecular flexibility index (Phi) is 6.93. The number of fused-ring (bicyclic) bond motifs is 9. The minimum atomic E-state index is -0.175. The Morgan fingerprint density at radius 1 is 0.418 bits per heavy atom. The second-order valence-electron chi connectivity index (χ2n) is 15.3. The van der Waals surface area contributed by atoms with Crippen molar-refractivity contribution in [2.75, 3.05) is 4.90 Å². The van der Waals surface area contributed by atoms with Gasteiger partial charge in [0.25, 0.3) is 0 Å². The van der Waals surface area contributed by atoms with E-state index in [0.29, 0.717) is 0 Å². The first-order valence-corrected chi connectivity index (χ1v) is 19.1. The normalized spacial score (nSPS) is 13.1. The molecular weight excluding hydrogens is 667 g/mol. The predicted octanol–water partition coefficient (Wildman–Crippen LogP) is 15.0. The van der Waals surface area contributed by atoms with Crippen LogP contribution in [0.5, 0.6) is 0 Å². The highest BCUT2D eigenvalue weighted by Crippen LogP contribution is 2.54. The maximum absolute atomic E-state index is 6.55. The van der Waals surface area contributed by atoms with Crippen molar-refractivity contribution >= 4 is 60.5 Å². The monoisotopic (exact) mass is 703 g/mol. The summed E-state index contributed by atoms with van der Waals surface area (Å²) >= 11 is 0. The second kappa shape index (κ2) is 12.1. The van der Waals surface area contributed by atoms with Crippen LogP contribution in [0.25, 0.3) is 76.9 Å². The van der Waals surface area contributed by atoms with Gasteiger partial charge >= 0.3 is 0 Å². The number of hydrogen-bond acceptors (Lipinski definition) is 2. The molecule has 2 heteroatoms. The summed E-state index contributed by atoms with van der Waals surface area (Å²) in [5, 5.41) is 7.13. The smallest absolute Gasteiger partial charge is 0.143 e. The van der Waals surface area contributed by atoms with Gasteiger partial charge in [0.05, 0.1) is 5.69 Å². The van der Waals surface area contributed by atoms with Crippen molar-refractivity contribution in [1.82, 2.24) is 0 Å². The van der Waals surface area contributed by atoms with E-state index >= 15 is 0 Å². The summed E-state index contributed by atoms with van der Waals surface area (Å²) in [5.41, 5.74) is 15.2. The van der Waals surface area contributed by atoms with E-state index in [4.69, 9.17) is 4.42 Å². The van der Waals surface area contributed by atoms with E-state index in [1.165, 1.54) is 60.8 Å². The van der Waals surface area contributed by atoms with Gasteiger partial charge in [-0.3, -0.25) is 0 Å². The van der Waals surface area contributed by atoms with Gasteiger partial charge in [0.1, 0.15) is 11.2 Å². The topological polar surface area (TPSA) is 16.4 Å². The summed E-state index contributed by atoms with van der Waals surface area (Å²) in [6.07, 6.45) is 0. The Morgan fingerprint density at radius 2 is 0.982 bits per heavy atom. The Balaban J connectivity index is 1.07. The number of benzene rings is 9. The molecule has 0 bridgehead atoms. The molecule has 55 heavy (non-hydrogen) atoms. The number of nitrogens with zero attached hydrogens (tertiary/aromatic N) is 1. The van der Waals surface area contributed by atoms with Gasteiger partial charge in [0.15, 0.2) is 0 Å². The zero-order valence-electron chi connectivity index (χ0n) is 30.8. The van der Waals surface area contributed by atoms with Crippen molar-refractivity contribution < 1.29 is 4.42 Å². The van der Waals surface area contributed by atoms with E-state index in [2.05, 4.69) is 207 Å². The molecule has 0 saturated carbocycles. The SMILES string of the molecule is CC1(C)c2ccccc2-c2cccc(N(c3ccc(-c4cccc5ccccc45)cc3)c3ccc(-c4cccc5oc6c7ccccc7ccc6c45)cc3)c21. The van der Waals surface area contributed by atoms with Crippen LogP contribution in [0.1, 0.15) is 25.0 Å². The minimum Gasteiger partial charge on any atom is -0.455 e. The van der Waals surface area contributed by atoms with Gasteiger partial charge in [-0.1, -0.05) is 159 Å². The van der Waals surface area contributed by atoms with E-state index in [0.717, 1.165) is 44.3 Å². The molecule has 11 rings (SSSR count). The van der Waals surface area contributed by atoms with Gasteiger partial charge in [-0.25, -0.2) is 0 Å². The average Bonchev–Trinajstić information content (AvgIpc) is 3.74. The summed E-state index contributed by atoms with van der Waals surface area (Å²) in [6, 6.07) is 68.4. The lowest BCUT2D eigenvalue weighted by Crippen LogP contribution is -2.20. The van der Waals surface area contributed by atoms with Crippen LogP contribution in [0.2, 0.25) is 0 Å². The number of rotatable bonds is 5. The largest absolute Gasteiger partial charge is 0.455 e. The highest BCUT2D eigenvalue weighted by Gasteiger charge is 2.38. The zero-order valence-corrected chi connectivity index (χ0v) is 30.8. The van der Waals surface area contributed by atoms with Gasteiger partial charge < -0.3 is 9.32 Å². The van der Waals surface area contributed by atoms with E-state index in [-0.39, 0.29) is 5.41 Å². The van der Waals surface area contributed by atoms with E-state index < -0.39 is 0 Å². The third kappa shape index (κ3) is 4.81. The van der Waals surface area contributed by atoms with Gasteiger partial charge in [-0.05, 0) is 103 Å². The molecule has 2 nitrogen and oxygen atoms in total. The maximum Gasteiger partial charge on any atom is 0.143 e. The van der Waals surface area contributed by atoms with E-state index in [1.807, 2.05) is 0 Å². The molecule has 9 aromatic carbocycles. The first-order valence-electron chi connectivity index (χ1n) is 19.1. The van der Waals surface area contributed by atoms with Gasteiger partial charge in [-0.15, -0.1) is 0 Å². The predicted molar refractivity (Wildman–Crippen MR) is 232 cm³/mol. The van der Waals surface area contributed by atoms with Crippen LogP contribution in [0.15, 0.2) is 192 Å². The molecular formula is C53H37NO. The molecule has 0 radical (unpaired) electrons. The van der Waals surface area contributed by atoms with Crippen LogP contribution >= 0.6 is 0 Å². The van der Waals surface area contributed by atoms with Gasteiger partial charge in [0, 0.05) is 32.9 Å². The summed E-state index contributed by atoms with van der Waals surface area (Å²) < 4.78 is 6.55. The van der Waals surface area contributed by atoms with Gasteiger partial charge in [-0.2, -0.15) is 0 Å². The zero-order chi connectivity index (χ0) is 36.7. The van der Waals surface area contributed by atoms with Crippen LogP contribution in [-0.2, 0) is 5.41 Å². The third-order valence-corrected chi connectivity index (χ3v) is 11.8. The molecule has 0 amide bonds. The Labute approximate surface area is 320 Å². The first-order chi connectivity index (χ1) is 27.0. The average molecular weight is 704 g/mol. The molecule has 260 valence electrons. The first kappa shape index (κ1) is 31.6. The minimum absolute atomic E-state index is 0.175. The summed E-state index contributed by atoms with van der Waals surface area (Å²) in [7, 11) is 0. The maximum atomic E-state index is 6.55. The summed E-state index contributed by atoms with van der Waals surface area (Å²) in [5.74, 6) is 0. The molecule has 1 aliphatic carbocycles. The van der Waals surface area contributed by atoms with Crippen LogP contribution in [0.4, 0.5) is 17.1 Å². The Bertz CT molecular complexity index is 3110. The van der Waals surface area contributed by atoms with E-state index in [1.54, 1.807) is 0 Å².